The fourth-order valence-corrected chi connectivity index (χ4v) is 0. The predicted octanol–water partition coefficient (Wildman–Crippen LogP) is -2.85. The largest absolute Gasteiger partial charge is 1.00 e. The first kappa shape index (κ1) is 10.6. The molecule has 0 amide bonds. The van der Waals surface area contributed by atoms with Crippen LogP contribution in [0.3, 0.4) is 0 Å². The molecular formula is C4H9KO. The molecule has 1 nitrogen and oxygen atoms in total. The van der Waals surface area contributed by atoms with Crippen LogP contribution < -0.4 is 56.5 Å². The van der Waals surface area contributed by atoms with Gasteiger partial charge >= 0.3 is 51.4 Å². The minimum absolute atomic E-state index is 0. The van der Waals surface area contributed by atoms with E-state index in [-0.39, 0.29) is 51.4 Å². The summed E-state index contributed by atoms with van der Waals surface area (Å²) in [5, 5.41) is 10.1. The summed E-state index contributed by atoms with van der Waals surface area (Å²) in [6, 6.07) is 0. The SMILES string of the molecule is CC(C)(C)[O-].[4K+]. The van der Waals surface area contributed by atoms with Crippen molar-refractivity contribution in [1.29, 1.82) is 0 Å². The Labute approximate surface area is 81.6 Å². The molecule has 0 aliphatic rings. The maximum atomic E-state index is 10.1. The van der Waals surface area contributed by atoms with Gasteiger partial charge in [-0.25, -0.2) is 0 Å². The summed E-state index contributed by atoms with van der Waals surface area (Å²) in [6.07, 6.45) is 0. The first-order chi connectivity index (χ1) is 2.00. The van der Waals surface area contributed by atoms with Gasteiger partial charge in [-0.1, -0.05) is 20.8 Å². The molecule has 0 aromatic heterocycles. The number of rotatable bonds is 0. The molecule has 0 atom stereocenters. The van der Waals surface area contributed by atoms with Gasteiger partial charge in [0, 0.05) is 0 Å². The van der Waals surface area contributed by atoms with Crippen molar-refractivity contribution >= 4 is 0 Å². The van der Waals surface area contributed by atoms with Crippen molar-refractivity contribution in [2.24, 2.45) is 0 Å². The van der Waals surface area contributed by atoms with Gasteiger partial charge in [0.15, 0.2) is 0 Å². The predicted molar refractivity (Wildman–Crippen MR) is 19.8 cm³/mol. The van der Waals surface area contributed by atoms with E-state index < -0.39 is 5.60 Å². The normalized spacial score (nSPS) is 10.0. The fraction of sp³-hybridized carbons (Fsp3) is 1.00. The van der Waals surface area contributed by atoms with Gasteiger partial charge in [-0.2, -0.15) is 0 Å². The first-order valence-electron chi connectivity index (χ1n) is 1.70. The maximum Gasteiger partial charge on any atom is 1.00 e. The third-order valence-corrected chi connectivity index (χ3v) is 0. The molecule has 2 heteroatoms. The van der Waals surface area contributed by atoms with Crippen LogP contribution in [0.15, 0.2) is 0 Å². The first-order valence-corrected chi connectivity index (χ1v) is 1.70. The van der Waals surface area contributed by atoms with Crippen LogP contribution in [0.2, 0.25) is 0 Å². The molecule has 0 saturated heterocycles. The Morgan fingerprint density at radius 3 is 1.17 bits per heavy atom. The second-order valence-corrected chi connectivity index (χ2v) is 2.11. The molecule has 0 unspecified atom stereocenters. The Bertz CT molecular complexity index is 23.0. The van der Waals surface area contributed by atoms with Gasteiger partial charge in [0.05, 0.1) is 0 Å². The van der Waals surface area contributed by atoms with E-state index in [2.05, 4.69) is 0 Å². The summed E-state index contributed by atoms with van der Waals surface area (Å²) >= 11 is 0. The van der Waals surface area contributed by atoms with Gasteiger partial charge < -0.3 is 5.11 Å². The second-order valence-electron chi connectivity index (χ2n) is 2.11. The number of hydrogen-bond acceptors (Lipinski definition) is 1. The fourth-order valence-electron chi connectivity index (χ4n) is 0. The van der Waals surface area contributed by atoms with Crippen molar-refractivity contribution in [2.45, 2.75) is 26.4 Å². The zero-order valence-corrected chi connectivity index (χ0v) is 8.03. The van der Waals surface area contributed by atoms with E-state index >= 15 is 0 Å². The van der Waals surface area contributed by atoms with Crippen LogP contribution in [-0.4, -0.2) is 5.60 Å². The molecule has 0 saturated carbocycles. The van der Waals surface area contributed by atoms with Crippen LogP contribution in [0.25, 0.3) is 0 Å². The molecule has 0 aromatic rings. The van der Waals surface area contributed by atoms with E-state index in [0.717, 1.165) is 0 Å². The molecule has 0 heterocycles. The zero-order chi connectivity index (χ0) is 4.50. The Kier molecular flexibility index (Phi) is 6.30. The Hall–Kier alpha value is 1.60. The van der Waals surface area contributed by atoms with Crippen LogP contribution >= 0.6 is 0 Å². The monoisotopic (exact) mass is 77.1 g/mol. The minimum atomic E-state index is -0.750. The van der Waals surface area contributed by atoms with E-state index in [4.69, 9.17) is 0 Å². The van der Waals surface area contributed by atoms with Gasteiger partial charge in [0.2, 0.25) is 0 Å². The van der Waals surface area contributed by atoms with E-state index in [1.165, 1.54) is 0 Å². The van der Waals surface area contributed by atoms with Crippen LogP contribution in [-0.2, 0) is 0 Å². The molecule has 0 fully saturated rings. The Balaban J connectivity index is 0. The summed E-state index contributed by atoms with van der Waals surface area (Å²) < 4.78 is 0. The van der Waals surface area contributed by atoms with E-state index in [1.54, 1.807) is 20.8 Å². The molecule has 0 bridgehead atoms. The van der Waals surface area contributed by atoms with E-state index in [0.29, 0.717) is 0 Å². The smallest absolute Gasteiger partial charge is 0.850 e. The minimum Gasteiger partial charge on any atom is -0.850 e. The van der Waals surface area contributed by atoms with Gasteiger partial charge in [0.1, 0.15) is 0 Å². The summed E-state index contributed by atoms with van der Waals surface area (Å²) in [5.74, 6) is 0. The summed E-state index contributed by atoms with van der Waals surface area (Å²) in [7, 11) is 0. The molecule has 0 aliphatic heterocycles. The molecule has 0 aliphatic carbocycles. The van der Waals surface area contributed by atoms with Crippen LogP contribution in [0.1, 0.15) is 20.8 Å². The third-order valence-electron chi connectivity index (χ3n) is 0. The van der Waals surface area contributed by atoms with Gasteiger partial charge in [-0.15, -0.1) is 5.60 Å². The topological polar surface area (TPSA) is 23.1 Å². The van der Waals surface area contributed by atoms with Gasteiger partial charge in [0.25, 0.3) is 0 Å². The van der Waals surface area contributed by atoms with Crippen LogP contribution in [0.5, 0.6) is 0 Å². The molecule has 0 aromatic carbocycles. The summed E-state index contributed by atoms with van der Waals surface area (Å²) in [5.41, 5.74) is -0.750. The van der Waals surface area contributed by atoms with Crippen molar-refractivity contribution in [3.05, 3.63) is 0 Å². The summed E-state index contributed by atoms with van der Waals surface area (Å²) in [6.45, 7) is 4.90. The van der Waals surface area contributed by atoms with Crippen LogP contribution in [0, 0.1) is 0 Å². The molecule has 32 valence electrons. The molecular weight excluding hydrogens is 68.0 g/mol. The quantitative estimate of drug-likeness (QED) is 0.285. The van der Waals surface area contributed by atoms with Crippen molar-refractivity contribution < 1.29 is 56.5 Å². The summed E-state index contributed by atoms with van der Waals surface area (Å²) in [4.78, 5) is 0. The average molecular weight is 77.1 g/mol. The molecule has 0 N–H and O–H groups in total. The molecule has 6 heavy (non-hydrogen) atoms. The van der Waals surface area contributed by atoms with Crippen molar-refractivity contribution in [1.82, 2.24) is 0 Å². The zero-order valence-electron chi connectivity index (χ0n) is 4.91. The average Bonchev–Trinajstić information content (AvgIpc) is 0.722. The van der Waals surface area contributed by atoms with E-state index in [9.17, 15) is 5.11 Å². The Morgan fingerprint density at radius 2 is 1.17 bits per heavy atom. The van der Waals surface area contributed by atoms with Gasteiger partial charge in [-0.3, -0.25) is 0 Å². The van der Waals surface area contributed by atoms with Crippen LogP contribution in [0.4, 0.5) is 0 Å². The Morgan fingerprint density at radius 1 is 1.17 bits per heavy atom. The van der Waals surface area contributed by atoms with Crippen molar-refractivity contribution in [3.8, 4) is 0 Å². The maximum absolute atomic E-state index is 10.1. The number of hydrogen-bond donors (Lipinski definition) is 0. The van der Waals surface area contributed by atoms with Gasteiger partial charge in [-0.05, 0) is 0 Å². The second kappa shape index (κ2) is 3.58. The molecule has 0 radical (unpaired) electrons. The third kappa shape index (κ3) is 46.4. The standard InChI is InChI=1S/C4H9O.K/c1-4(2,3)5;/h1-3H3;/q-1;+1/i;1-35. The molecule has 0 spiro atoms. The van der Waals surface area contributed by atoms with Crippen molar-refractivity contribution in [2.75, 3.05) is 0 Å². The van der Waals surface area contributed by atoms with Crippen molar-refractivity contribution in [3.63, 3.8) is 0 Å². The molecule has 0 rings (SSSR count). The van der Waals surface area contributed by atoms with E-state index in [1.807, 2.05) is 0 Å².